The molecule has 0 N–H and O–H groups in total. The van der Waals surface area contributed by atoms with Crippen molar-refractivity contribution in [1.82, 2.24) is 0 Å². The zero-order chi connectivity index (χ0) is 26.3. The van der Waals surface area contributed by atoms with Crippen molar-refractivity contribution in [2.45, 2.75) is 145 Å². The van der Waals surface area contributed by atoms with Gasteiger partial charge in [0.05, 0.1) is 0 Å². The van der Waals surface area contributed by atoms with Crippen LogP contribution in [-0.2, 0) is 9.47 Å². The number of hydrogen-bond acceptors (Lipinski definition) is 2. The van der Waals surface area contributed by atoms with Crippen LogP contribution in [0.15, 0.2) is 0 Å². The van der Waals surface area contributed by atoms with E-state index in [1.807, 2.05) is 0 Å². The SMILES string of the molecule is CCCCCCCCOCOCCCC(C)CC(C)CC(C)CC(C)CC(C)CC(C)CCCI. The van der Waals surface area contributed by atoms with Gasteiger partial charge in [0.2, 0.25) is 0 Å². The normalized spacial score (nSPS) is 17.1. The Hall–Kier alpha value is 0.650. The van der Waals surface area contributed by atoms with Gasteiger partial charge in [-0.25, -0.2) is 0 Å². The lowest BCUT2D eigenvalue weighted by molar-refractivity contribution is -0.0561. The van der Waals surface area contributed by atoms with E-state index in [1.165, 1.54) is 94.3 Å². The molecule has 212 valence electrons. The molecule has 0 heterocycles. The smallest absolute Gasteiger partial charge is 0.146 e. The lowest BCUT2D eigenvalue weighted by Crippen LogP contribution is -2.13. The molecule has 0 aromatic rings. The van der Waals surface area contributed by atoms with Crippen LogP contribution in [0.4, 0.5) is 0 Å². The van der Waals surface area contributed by atoms with Crippen molar-refractivity contribution >= 4 is 22.6 Å². The summed E-state index contributed by atoms with van der Waals surface area (Å²) in [4.78, 5) is 0. The molecule has 0 radical (unpaired) electrons. The highest BCUT2D eigenvalue weighted by molar-refractivity contribution is 14.1. The molecular formula is C32H65IO2. The molecule has 0 saturated heterocycles. The number of hydrogen-bond donors (Lipinski definition) is 0. The van der Waals surface area contributed by atoms with Gasteiger partial charge in [0.15, 0.2) is 0 Å². The van der Waals surface area contributed by atoms with E-state index in [4.69, 9.17) is 9.47 Å². The third-order valence-corrected chi connectivity index (χ3v) is 8.41. The second-order valence-electron chi connectivity index (χ2n) is 12.5. The summed E-state index contributed by atoms with van der Waals surface area (Å²) < 4.78 is 12.6. The molecule has 0 fully saturated rings. The quantitative estimate of drug-likeness (QED) is 0.0421. The first kappa shape index (κ1) is 35.6. The van der Waals surface area contributed by atoms with E-state index in [2.05, 4.69) is 71.1 Å². The maximum absolute atomic E-state index is 5.69. The monoisotopic (exact) mass is 608 g/mol. The van der Waals surface area contributed by atoms with Crippen molar-refractivity contribution < 1.29 is 9.47 Å². The largest absolute Gasteiger partial charge is 0.355 e. The van der Waals surface area contributed by atoms with Gasteiger partial charge in [-0.2, -0.15) is 0 Å². The molecule has 6 unspecified atom stereocenters. The number of ether oxygens (including phenoxy) is 2. The fourth-order valence-electron chi connectivity index (χ4n) is 6.18. The van der Waals surface area contributed by atoms with Gasteiger partial charge in [0, 0.05) is 13.2 Å². The Balaban J connectivity index is 3.73. The highest BCUT2D eigenvalue weighted by atomic mass is 127. The Kier molecular flexibility index (Phi) is 25.4. The molecular weight excluding hydrogens is 543 g/mol. The molecule has 0 aromatic carbocycles. The van der Waals surface area contributed by atoms with Crippen molar-refractivity contribution in [3.8, 4) is 0 Å². The van der Waals surface area contributed by atoms with Crippen molar-refractivity contribution in [2.24, 2.45) is 35.5 Å². The molecule has 0 aliphatic rings. The van der Waals surface area contributed by atoms with Crippen molar-refractivity contribution in [1.29, 1.82) is 0 Å². The first-order chi connectivity index (χ1) is 16.8. The van der Waals surface area contributed by atoms with Crippen LogP contribution in [0.25, 0.3) is 0 Å². The summed E-state index contributed by atoms with van der Waals surface area (Å²) in [5.41, 5.74) is 0. The molecule has 0 saturated carbocycles. The predicted octanol–water partition coefficient (Wildman–Crippen LogP) is 11.1. The molecule has 35 heavy (non-hydrogen) atoms. The average molecular weight is 609 g/mol. The molecule has 0 spiro atoms. The Bertz CT molecular complexity index is 430. The summed E-state index contributed by atoms with van der Waals surface area (Å²) in [5, 5.41) is 0. The number of halogens is 1. The summed E-state index contributed by atoms with van der Waals surface area (Å²) in [6, 6.07) is 0. The van der Waals surface area contributed by atoms with Gasteiger partial charge in [-0.1, -0.05) is 103 Å². The van der Waals surface area contributed by atoms with Gasteiger partial charge < -0.3 is 9.47 Å². The summed E-state index contributed by atoms with van der Waals surface area (Å²) >= 11 is 2.51. The van der Waals surface area contributed by atoms with E-state index in [0.29, 0.717) is 6.79 Å². The van der Waals surface area contributed by atoms with Crippen LogP contribution in [-0.4, -0.2) is 24.4 Å². The van der Waals surface area contributed by atoms with E-state index >= 15 is 0 Å². The Morgan fingerprint density at radius 2 is 0.886 bits per heavy atom. The maximum Gasteiger partial charge on any atom is 0.146 e. The zero-order valence-electron chi connectivity index (χ0n) is 25.1. The third kappa shape index (κ3) is 24.7. The Morgan fingerprint density at radius 1 is 0.486 bits per heavy atom. The molecule has 6 atom stereocenters. The van der Waals surface area contributed by atoms with Gasteiger partial charge in [-0.3, -0.25) is 0 Å². The van der Waals surface area contributed by atoms with Gasteiger partial charge in [0.25, 0.3) is 0 Å². The van der Waals surface area contributed by atoms with Gasteiger partial charge in [-0.05, 0) is 104 Å². The number of rotatable bonds is 26. The molecule has 0 rings (SSSR count). The first-order valence-corrected chi connectivity index (χ1v) is 17.0. The zero-order valence-corrected chi connectivity index (χ0v) is 27.3. The average Bonchev–Trinajstić information content (AvgIpc) is 2.77. The van der Waals surface area contributed by atoms with Crippen LogP contribution in [0, 0.1) is 35.5 Å². The topological polar surface area (TPSA) is 18.5 Å². The van der Waals surface area contributed by atoms with Crippen LogP contribution >= 0.6 is 22.6 Å². The second-order valence-corrected chi connectivity index (χ2v) is 13.6. The van der Waals surface area contributed by atoms with E-state index in [1.54, 1.807) is 0 Å². The van der Waals surface area contributed by atoms with E-state index < -0.39 is 0 Å². The van der Waals surface area contributed by atoms with E-state index in [0.717, 1.165) is 55.1 Å². The molecule has 3 heteroatoms. The number of alkyl halides is 1. The Morgan fingerprint density at radius 3 is 1.37 bits per heavy atom. The molecule has 0 bridgehead atoms. The van der Waals surface area contributed by atoms with Crippen LogP contribution in [0.2, 0.25) is 0 Å². The summed E-state index contributed by atoms with van der Waals surface area (Å²) in [5.74, 6) is 5.12. The molecule has 0 amide bonds. The molecule has 0 aromatic heterocycles. The summed E-state index contributed by atoms with van der Waals surface area (Å²) in [6.45, 7) is 19.3. The van der Waals surface area contributed by atoms with Gasteiger partial charge in [-0.15, -0.1) is 0 Å². The molecule has 2 nitrogen and oxygen atoms in total. The minimum absolute atomic E-state index is 0.478. The van der Waals surface area contributed by atoms with Crippen LogP contribution in [0.3, 0.4) is 0 Å². The van der Waals surface area contributed by atoms with Crippen molar-refractivity contribution in [2.75, 3.05) is 24.4 Å². The minimum atomic E-state index is 0.478. The van der Waals surface area contributed by atoms with Crippen LogP contribution < -0.4 is 0 Å². The second kappa shape index (κ2) is 25.0. The third-order valence-electron chi connectivity index (χ3n) is 7.65. The lowest BCUT2D eigenvalue weighted by atomic mass is 9.81. The predicted molar refractivity (Wildman–Crippen MR) is 166 cm³/mol. The van der Waals surface area contributed by atoms with Crippen molar-refractivity contribution in [3.63, 3.8) is 0 Å². The van der Waals surface area contributed by atoms with Gasteiger partial charge >= 0.3 is 0 Å². The molecule has 0 aliphatic heterocycles. The Labute approximate surface area is 236 Å². The van der Waals surface area contributed by atoms with E-state index in [-0.39, 0.29) is 0 Å². The standard InChI is InChI=1S/C32H65IO2/c1-8-9-10-11-12-13-19-34-26-35-20-15-17-28(3)22-30(5)24-32(7)25-31(6)23-29(4)21-27(2)16-14-18-33/h27-32H,8-26H2,1-7H3. The maximum atomic E-state index is 5.69. The summed E-state index contributed by atoms with van der Waals surface area (Å²) in [6.07, 6.45) is 20.1. The van der Waals surface area contributed by atoms with E-state index in [9.17, 15) is 0 Å². The summed E-state index contributed by atoms with van der Waals surface area (Å²) in [7, 11) is 0. The van der Waals surface area contributed by atoms with Crippen molar-refractivity contribution in [3.05, 3.63) is 0 Å². The van der Waals surface area contributed by atoms with Gasteiger partial charge in [0.1, 0.15) is 6.79 Å². The minimum Gasteiger partial charge on any atom is -0.355 e. The fraction of sp³-hybridized carbons (Fsp3) is 1.00. The number of unbranched alkanes of at least 4 members (excludes halogenated alkanes) is 5. The highest BCUT2D eigenvalue weighted by Gasteiger charge is 2.17. The van der Waals surface area contributed by atoms with Crippen LogP contribution in [0.5, 0.6) is 0 Å². The highest BCUT2D eigenvalue weighted by Crippen LogP contribution is 2.29. The lowest BCUT2D eigenvalue weighted by Gasteiger charge is -2.25. The fourth-order valence-corrected chi connectivity index (χ4v) is 6.62. The molecule has 0 aliphatic carbocycles. The first-order valence-electron chi connectivity index (χ1n) is 15.5. The van der Waals surface area contributed by atoms with Crippen LogP contribution in [0.1, 0.15) is 145 Å².